The molecule has 0 aromatic rings. The van der Waals surface area contributed by atoms with Crippen LogP contribution < -0.4 is 0 Å². The van der Waals surface area contributed by atoms with Gasteiger partial charge in [-0.2, -0.15) is 0 Å². The molecule has 4 heteroatoms. The Morgan fingerprint density at radius 3 is 2.40 bits per heavy atom. The van der Waals surface area contributed by atoms with Gasteiger partial charge in [0.25, 0.3) is 0 Å². The SMILES string of the molecule is COC(=O)C[C@H]1CCC[C@@H](CC(C)=O)O1. The first kappa shape index (κ1) is 12.2. The second kappa shape index (κ2) is 5.85. The summed E-state index contributed by atoms with van der Waals surface area (Å²) < 4.78 is 10.2. The van der Waals surface area contributed by atoms with Gasteiger partial charge in [-0.1, -0.05) is 0 Å². The van der Waals surface area contributed by atoms with Crippen LogP contribution in [0, 0.1) is 0 Å². The molecule has 0 N–H and O–H groups in total. The number of carbonyl (C=O) groups excluding carboxylic acids is 2. The van der Waals surface area contributed by atoms with Gasteiger partial charge in [-0.3, -0.25) is 9.59 Å². The number of hydrogen-bond donors (Lipinski definition) is 0. The summed E-state index contributed by atoms with van der Waals surface area (Å²) in [5.41, 5.74) is 0. The Hall–Kier alpha value is -0.900. The van der Waals surface area contributed by atoms with Crippen molar-refractivity contribution in [2.45, 2.75) is 51.2 Å². The van der Waals surface area contributed by atoms with E-state index < -0.39 is 0 Å². The van der Waals surface area contributed by atoms with Gasteiger partial charge >= 0.3 is 5.97 Å². The predicted octanol–water partition coefficient (Wildman–Crippen LogP) is 1.47. The van der Waals surface area contributed by atoms with E-state index in [9.17, 15) is 9.59 Å². The van der Waals surface area contributed by atoms with Crippen LogP contribution in [0.2, 0.25) is 0 Å². The van der Waals surface area contributed by atoms with Crippen LogP contribution in [0.25, 0.3) is 0 Å². The zero-order valence-corrected chi connectivity index (χ0v) is 9.32. The predicted molar refractivity (Wildman–Crippen MR) is 54.4 cm³/mol. The molecule has 0 aromatic heterocycles. The van der Waals surface area contributed by atoms with Crippen LogP contribution in [0.5, 0.6) is 0 Å². The van der Waals surface area contributed by atoms with E-state index in [4.69, 9.17) is 4.74 Å². The van der Waals surface area contributed by atoms with Crippen LogP contribution in [0.3, 0.4) is 0 Å². The van der Waals surface area contributed by atoms with Crippen LogP contribution in [0.4, 0.5) is 0 Å². The molecule has 1 rings (SSSR count). The zero-order valence-electron chi connectivity index (χ0n) is 9.32. The summed E-state index contributed by atoms with van der Waals surface area (Å²) in [7, 11) is 1.37. The maximum absolute atomic E-state index is 11.0. The van der Waals surface area contributed by atoms with E-state index in [1.807, 2.05) is 0 Å². The first-order chi connectivity index (χ1) is 7.11. The van der Waals surface area contributed by atoms with Crippen LogP contribution in [-0.4, -0.2) is 31.1 Å². The van der Waals surface area contributed by atoms with Crippen molar-refractivity contribution in [3.05, 3.63) is 0 Å². The van der Waals surface area contributed by atoms with Gasteiger partial charge in [0.2, 0.25) is 0 Å². The van der Waals surface area contributed by atoms with Gasteiger partial charge in [0.05, 0.1) is 25.7 Å². The number of hydrogen-bond acceptors (Lipinski definition) is 4. The molecule has 1 fully saturated rings. The normalized spacial score (nSPS) is 26.0. The molecule has 2 atom stereocenters. The van der Waals surface area contributed by atoms with E-state index in [1.165, 1.54) is 7.11 Å². The molecule has 86 valence electrons. The number of esters is 1. The van der Waals surface area contributed by atoms with Gasteiger partial charge in [-0.15, -0.1) is 0 Å². The molecule has 1 heterocycles. The fraction of sp³-hybridized carbons (Fsp3) is 0.818. The van der Waals surface area contributed by atoms with E-state index in [0.717, 1.165) is 19.3 Å². The van der Waals surface area contributed by atoms with Crippen LogP contribution in [0.15, 0.2) is 0 Å². The van der Waals surface area contributed by atoms with E-state index in [2.05, 4.69) is 4.74 Å². The number of ketones is 1. The van der Waals surface area contributed by atoms with Crippen LogP contribution in [-0.2, 0) is 19.1 Å². The molecule has 0 amide bonds. The van der Waals surface area contributed by atoms with Crippen LogP contribution in [0.1, 0.15) is 39.0 Å². The van der Waals surface area contributed by atoms with Gasteiger partial charge in [-0.05, 0) is 26.2 Å². The fourth-order valence-electron chi connectivity index (χ4n) is 1.87. The largest absolute Gasteiger partial charge is 0.469 e. The van der Waals surface area contributed by atoms with Gasteiger partial charge in [-0.25, -0.2) is 0 Å². The monoisotopic (exact) mass is 214 g/mol. The van der Waals surface area contributed by atoms with Crippen molar-refractivity contribution in [3.8, 4) is 0 Å². The molecule has 0 bridgehead atoms. The first-order valence-electron chi connectivity index (χ1n) is 5.33. The van der Waals surface area contributed by atoms with Crippen molar-refractivity contribution in [2.24, 2.45) is 0 Å². The van der Waals surface area contributed by atoms with E-state index in [0.29, 0.717) is 12.8 Å². The summed E-state index contributed by atoms with van der Waals surface area (Å²) in [4.78, 5) is 22.0. The number of carbonyl (C=O) groups is 2. The van der Waals surface area contributed by atoms with Crippen molar-refractivity contribution < 1.29 is 19.1 Å². The molecule has 15 heavy (non-hydrogen) atoms. The van der Waals surface area contributed by atoms with Gasteiger partial charge in [0.15, 0.2) is 0 Å². The molecule has 0 saturated carbocycles. The van der Waals surface area contributed by atoms with E-state index in [-0.39, 0.29) is 24.0 Å². The summed E-state index contributed by atoms with van der Waals surface area (Å²) in [5, 5.41) is 0. The molecule has 4 nitrogen and oxygen atoms in total. The first-order valence-corrected chi connectivity index (χ1v) is 5.33. The van der Waals surface area contributed by atoms with E-state index >= 15 is 0 Å². The van der Waals surface area contributed by atoms with Crippen molar-refractivity contribution in [3.63, 3.8) is 0 Å². The second-order valence-electron chi connectivity index (χ2n) is 4.00. The zero-order chi connectivity index (χ0) is 11.3. The number of ether oxygens (including phenoxy) is 2. The quantitative estimate of drug-likeness (QED) is 0.665. The molecular formula is C11H18O4. The molecule has 0 radical (unpaired) electrons. The maximum Gasteiger partial charge on any atom is 0.308 e. The Morgan fingerprint density at radius 2 is 1.87 bits per heavy atom. The number of rotatable bonds is 4. The molecule has 1 aliphatic rings. The second-order valence-corrected chi connectivity index (χ2v) is 4.00. The van der Waals surface area contributed by atoms with Crippen molar-refractivity contribution in [1.82, 2.24) is 0 Å². The average Bonchev–Trinajstić information content (AvgIpc) is 2.17. The Labute approximate surface area is 89.9 Å². The summed E-state index contributed by atoms with van der Waals surface area (Å²) in [6, 6.07) is 0. The molecular weight excluding hydrogens is 196 g/mol. The Kier molecular flexibility index (Phi) is 4.75. The topological polar surface area (TPSA) is 52.6 Å². The van der Waals surface area contributed by atoms with Gasteiger partial charge < -0.3 is 9.47 Å². The molecule has 1 aliphatic heterocycles. The third-order valence-corrected chi connectivity index (χ3v) is 2.57. The van der Waals surface area contributed by atoms with Gasteiger partial charge in [0, 0.05) is 6.42 Å². The molecule has 0 aliphatic carbocycles. The van der Waals surface area contributed by atoms with Crippen molar-refractivity contribution in [1.29, 1.82) is 0 Å². The maximum atomic E-state index is 11.0. The minimum absolute atomic E-state index is 0.00842. The van der Waals surface area contributed by atoms with Crippen LogP contribution >= 0.6 is 0 Å². The summed E-state index contributed by atoms with van der Waals surface area (Å²) in [6.45, 7) is 1.56. The standard InChI is InChI=1S/C11H18O4/c1-8(12)6-9-4-3-5-10(15-9)7-11(13)14-2/h9-10H,3-7H2,1-2H3/t9-,10+/m0/s1. The minimum Gasteiger partial charge on any atom is -0.469 e. The summed E-state index contributed by atoms with van der Waals surface area (Å²) in [5.74, 6) is -0.109. The lowest BCUT2D eigenvalue weighted by atomic mass is 9.99. The Balaban J connectivity index is 2.35. The smallest absolute Gasteiger partial charge is 0.308 e. The Bertz CT molecular complexity index is 237. The Morgan fingerprint density at radius 1 is 1.27 bits per heavy atom. The minimum atomic E-state index is -0.247. The summed E-state index contributed by atoms with van der Waals surface area (Å²) in [6.07, 6.45) is 3.48. The number of Topliss-reactive ketones (excluding diaryl/α,β-unsaturated/α-hetero) is 1. The number of methoxy groups -OCH3 is 1. The molecule has 0 spiro atoms. The van der Waals surface area contributed by atoms with Gasteiger partial charge in [0.1, 0.15) is 5.78 Å². The lowest BCUT2D eigenvalue weighted by Gasteiger charge is -2.28. The lowest BCUT2D eigenvalue weighted by Crippen LogP contribution is -2.30. The molecule has 1 saturated heterocycles. The third-order valence-electron chi connectivity index (χ3n) is 2.57. The lowest BCUT2D eigenvalue weighted by molar-refractivity contribution is -0.147. The highest BCUT2D eigenvalue weighted by Gasteiger charge is 2.25. The van der Waals surface area contributed by atoms with Crippen molar-refractivity contribution in [2.75, 3.05) is 7.11 Å². The fourth-order valence-corrected chi connectivity index (χ4v) is 1.87. The molecule has 0 unspecified atom stereocenters. The molecule has 0 aromatic carbocycles. The summed E-state index contributed by atoms with van der Waals surface area (Å²) >= 11 is 0. The average molecular weight is 214 g/mol. The highest BCUT2D eigenvalue weighted by atomic mass is 16.5. The van der Waals surface area contributed by atoms with Crippen molar-refractivity contribution >= 4 is 11.8 Å². The highest BCUT2D eigenvalue weighted by Crippen LogP contribution is 2.23. The highest BCUT2D eigenvalue weighted by molar-refractivity contribution is 5.76. The third kappa shape index (κ3) is 4.42. The van der Waals surface area contributed by atoms with E-state index in [1.54, 1.807) is 6.92 Å².